The molecule has 164 valence electrons. The molecule has 29 heavy (non-hydrogen) atoms. The fraction of sp³-hybridized carbons (Fsp3) is 0.667. The first kappa shape index (κ1) is 24.2. The number of nitrogens with one attached hydrogen (secondary N) is 2. The smallest absolute Gasteiger partial charge is 0.191 e. The van der Waals surface area contributed by atoms with E-state index >= 15 is 0 Å². The highest BCUT2D eigenvalue weighted by Gasteiger charge is 2.43. The van der Waals surface area contributed by atoms with Crippen molar-refractivity contribution in [3.63, 3.8) is 0 Å². The van der Waals surface area contributed by atoms with Crippen LogP contribution in [0.3, 0.4) is 0 Å². The molecular weight excluding hydrogens is 501 g/mol. The van der Waals surface area contributed by atoms with Crippen LogP contribution >= 0.6 is 24.0 Å². The molecule has 1 fully saturated rings. The number of guanidine groups is 1. The Bertz CT molecular complexity index is 833. The van der Waals surface area contributed by atoms with Crippen molar-refractivity contribution in [2.45, 2.75) is 69.3 Å². The molecule has 1 saturated carbocycles. The van der Waals surface area contributed by atoms with Crippen LogP contribution in [0.4, 0.5) is 0 Å². The number of ether oxygens (including phenoxy) is 1. The molecule has 2 aliphatic rings. The second kappa shape index (κ2) is 9.41. The quantitative estimate of drug-likeness (QED) is 0.341. The van der Waals surface area contributed by atoms with Crippen molar-refractivity contribution in [2.24, 2.45) is 4.99 Å². The Morgan fingerprint density at radius 3 is 2.55 bits per heavy atom. The zero-order valence-electron chi connectivity index (χ0n) is 17.8. The molecule has 0 bridgehead atoms. The summed E-state index contributed by atoms with van der Waals surface area (Å²) in [4.78, 5) is 4.61. The monoisotopic (exact) mass is 535 g/mol. The summed E-state index contributed by atoms with van der Waals surface area (Å²) < 4.78 is 29.6. The third-order valence-electron chi connectivity index (χ3n) is 5.99. The van der Waals surface area contributed by atoms with Crippen molar-refractivity contribution >= 4 is 39.8 Å². The van der Waals surface area contributed by atoms with Gasteiger partial charge in [0.15, 0.2) is 15.8 Å². The van der Waals surface area contributed by atoms with Gasteiger partial charge in [-0.3, -0.25) is 4.99 Å². The van der Waals surface area contributed by atoms with Crippen LogP contribution in [0.15, 0.2) is 29.3 Å². The van der Waals surface area contributed by atoms with Crippen molar-refractivity contribution in [1.29, 1.82) is 0 Å². The summed E-state index contributed by atoms with van der Waals surface area (Å²) in [7, 11) is -3.20. The van der Waals surface area contributed by atoms with Gasteiger partial charge in [0, 0.05) is 24.8 Å². The average molecular weight is 535 g/mol. The first-order chi connectivity index (χ1) is 13.2. The van der Waals surface area contributed by atoms with Gasteiger partial charge in [-0.1, -0.05) is 18.2 Å². The number of fused-ring (bicyclic) bond motifs is 1. The van der Waals surface area contributed by atoms with E-state index < -0.39 is 14.6 Å². The Morgan fingerprint density at radius 2 is 1.93 bits per heavy atom. The summed E-state index contributed by atoms with van der Waals surface area (Å²) in [5, 5.41) is 6.82. The maximum atomic E-state index is 12.0. The minimum absolute atomic E-state index is 0. The summed E-state index contributed by atoms with van der Waals surface area (Å²) in [5.41, 5.74) is 1.03. The SMILES string of the molecule is CCNC(=NCC(C)(C)S(C)(=O)=O)NC1CC2(CCCC2)Oc2ccccc21.I. The summed E-state index contributed by atoms with van der Waals surface area (Å²) in [6.45, 7) is 6.35. The van der Waals surface area contributed by atoms with Gasteiger partial charge in [-0.15, -0.1) is 24.0 Å². The molecule has 0 saturated heterocycles. The van der Waals surface area contributed by atoms with E-state index in [1.807, 2.05) is 25.1 Å². The summed E-state index contributed by atoms with van der Waals surface area (Å²) in [5.74, 6) is 1.59. The van der Waals surface area contributed by atoms with Gasteiger partial charge >= 0.3 is 0 Å². The lowest BCUT2D eigenvalue weighted by molar-refractivity contribution is 0.0396. The van der Waals surface area contributed by atoms with E-state index in [-0.39, 0.29) is 42.2 Å². The highest BCUT2D eigenvalue weighted by molar-refractivity contribution is 14.0. The molecule has 1 aromatic carbocycles. The van der Waals surface area contributed by atoms with Crippen molar-refractivity contribution in [3.05, 3.63) is 29.8 Å². The largest absolute Gasteiger partial charge is 0.487 e. The summed E-state index contributed by atoms with van der Waals surface area (Å²) >= 11 is 0. The Balaban J connectivity index is 0.00000300. The van der Waals surface area contributed by atoms with Gasteiger partial charge < -0.3 is 15.4 Å². The Morgan fingerprint density at radius 1 is 1.28 bits per heavy atom. The molecule has 3 rings (SSSR count). The number of sulfone groups is 1. The highest BCUT2D eigenvalue weighted by Crippen LogP contribution is 2.46. The van der Waals surface area contributed by atoms with Crippen LogP contribution in [0.5, 0.6) is 5.75 Å². The first-order valence-electron chi connectivity index (χ1n) is 10.2. The number of hydrogen-bond acceptors (Lipinski definition) is 4. The van der Waals surface area contributed by atoms with E-state index in [4.69, 9.17) is 4.74 Å². The first-order valence-corrected chi connectivity index (χ1v) is 12.1. The van der Waals surface area contributed by atoms with E-state index in [1.54, 1.807) is 13.8 Å². The lowest BCUT2D eigenvalue weighted by Crippen LogP contribution is -2.47. The maximum Gasteiger partial charge on any atom is 0.191 e. The van der Waals surface area contributed by atoms with Gasteiger partial charge in [0.2, 0.25) is 0 Å². The number of benzene rings is 1. The van der Waals surface area contributed by atoms with E-state index in [1.165, 1.54) is 19.1 Å². The Labute approximate surface area is 192 Å². The molecule has 2 N–H and O–H groups in total. The summed E-state index contributed by atoms with van der Waals surface area (Å²) in [6.07, 6.45) is 6.71. The zero-order chi connectivity index (χ0) is 20.4. The molecule has 6 nitrogen and oxygen atoms in total. The van der Waals surface area contributed by atoms with Gasteiger partial charge in [0.05, 0.1) is 17.3 Å². The van der Waals surface area contributed by atoms with Crippen LogP contribution < -0.4 is 15.4 Å². The molecule has 8 heteroatoms. The second-order valence-corrected chi connectivity index (χ2v) is 11.3. The molecule has 0 aromatic heterocycles. The van der Waals surface area contributed by atoms with E-state index in [0.717, 1.165) is 30.6 Å². The van der Waals surface area contributed by atoms with E-state index in [0.29, 0.717) is 12.5 Å². The maximum absolute atomic E-state index is 12.0. The fourth-order valence-corrected chi connectivity index (χ4v) is 4.24. The predicted octanol–water partition coefficient (Wildman–Crippen LogP) is 3.82. The zero-order valence-corrected chi connectivity index (χ0v) is 21.0. The van der Waals surface area contributed by atoms with Crippen molar-refractivity contribution < 1.29 is 13.2 Å². The number of nitrogens with zero attached hydrogens (tertiary/aromatic N) is 1. The molecule has 1 atom stereocenters. The van der Waals surface area contributed by atoms with Gasteiger partial charge in [-0.25, -0.2) is 8.42 Å². The van der Waals surface area contributed by atoms with Crippen molar-refractivity contribution in [2.75, 3.05) is 19.3 Å². The van der Waals surface area contributed by atoms with Crippen LogP contribution in [0.25, 0.3) is 0 Å². The lowest BCUT2D eigenvalue weighted by atomic mass is 9.86. The molecule has 0 amide bonds. The number of aliphatic imine (C=N–C) groups is 1. The average Bonchev–Trinajstić information content (AvgIpc) is 3.06. The van der Waals surface area contributed by atoms with Crippen LogP contribution in [-0.4, -0.2) is 44.1 Å². The standard InChI is InChI=1S/C21H33N3O3S.HI/c1-5-22-19(23-15-20(2,3)28(4,25)26)24-17-14-21(12-8-9-13-21)27-18-11-7-6-10-16(17)18;/h6-7,10-11,17H,5,8-9,12-15H2,1-4H3,(H2,22,23,24);1H. The second-order valence-electron chi connectivity index (χ2n) is 8.66. The highest BCUT2D eigenvalue weighted by atomic mass is 127. The minimum Gasteiger partial charge on any atom is -0.487 e. The molecular formula is C21H34IN3O3S. The minimum atomic E-state index is -3.20. The number of hydrogen-bond donors (Lipinski definition) is 2. The van der Waals surface area contributed by atoms with E-state index in [2.05, 4.69) is 21.7 Å². The molecule has 1 aliphatic carbocycles. The molecule has 1 unspecified atom stereocenters. The number of rotatable bonds is 5. The van der Waals surface area contributed by atoms with Crippen LogP contribution in [0.2, 0.25) is 0 Å². The van der Waals surface area contributed by atoms with Gasteiger partial charge in [-0.05, 0) is 52.5 Å². The topological polar surface area (TPSA) is 79.8 Å². The van der Waals surface area contributed by atoms with Crippen molar-refractivity contribution in [1.82, 2.24) is 10.6 Å². The van der Waals surface area contributed by atoms with Crippen molar-refractivity contribution in [3.8, 4) is 5.75 Å². The Kier molecular flexibility index (Phi) is 7.86. The Hall–Kier alpha value is -1.03. The van der Waals surface area contributed by atoms with Crippen LogP contribution in [-0.2, 0) is 9.84 Å². The third-order valence-corrected chi connectivity index (χ3v) is 8.13. The predicted molar refractivity (Wildman–Crippen MR) is 129 cm³/mol. The summed E-state index contributed by atoms with van der Waals surface area (Å²) in [6, 6.07) is 8.26. The number of para-hydroxylation sites is 1. The van der Waals surface area contributed by atoms with E-state index in [9.17, 15) is 8.42 Å². The molecule has 1 heterocycles. The lowest BCUT2D eigenvalue weighted by Gasteiger charge is -2.40. The molecule has 0 radical (unpaired) electrons. The van der Waals surface area contributed by atoms with Gasteiger partial charge in [0.25, 0.3) is 0 Å². The van der Waals surface area contributed by atoms with Gasteiger partial charge in [0.1, 0.15) is 11.4 Å². The number of halogens is 1. The van der Waals surface area contributed by atoms with Crippen LogP contribution in [0, 0.1) is 0 Å². The van der Waals surface area contributed by atoms with Crippen LogP contribution in [0.1, 0.15) is 64.5 Å². The fourth-order valence-electron chi connectivity index (χ4n) is 3.94. The molecule has 1 aliphatic heterocycles. The third kappa shape index (κ3) is 5.57. The normalized spacial score (nSPS) is 21.1. The molecule has 1 spiro atoms. The molecule has 1 aromatic rings. The van der Waals surface area contributed by atoms with Gasteiger partial charge in [-0.2, -0.15) is 0 Å².